The van der Waals surface area contributed by atoms with E-state index in [0.29, 0.717) is 53.9 Å². The van der Waals surface area contributed by atoms with Crippen LogP contribution in [0.25, 0.3) is 22.2 Å². The molecule has 3 heterocycles. The number of carbonyl (C=O) groups is 1. The Morgan fingerprint density at radius 2 is 2.03 bits per heavy atom. The number of nitrogens with one attached hydrogen (secondary N) is 1. The maximum absolute atomic E-state index is 14.6. The van der Waals surface area contributed by atoms with Crippen molar-refractivity contribution in [1.82, 2.24) is 15.0 Å². The molecule has 0 radical (unpaired) electrons. The monoisotopic (exact) mass is 452 g/mol. The van der Waals surface area contributed by atoms with E-state index in [-0.39, 0.29) is 12.1 Å². The van der Waals surface area contributed by atoms with Crippen molar-refractivity contribution in [3.8, 4) is 11.3 Å². The average molecular weight is 452 g/mol. The number of carboxylic acid groups (broad SMARTS) is 1. The Morgan fingerprint density at radius 3 is 2.72 bits per heavy atom. The van der Waals surface area contributed by atoms with Crippen LogP contribution in [0.4, 0.5) is 23.4 Å². The van der Waals surface area contributed by atoms with E-state index in [1.807, 2.05) is 4.90 Å². The van der Waals surface area contributed by atoms with Crippen LogP contribution in [0.2, 0.25) is 0 Å². The molecule has 2 aromatic heterocycles. The average Bonchev–Trinajstić information content (AvgIpc) is 3.22. The number of benzene rings is 1. The van der Waals surface area contributed by atoms with Gasteiger partial charge in [0.25, 0.3) is 0 Å². The molecule has 11 heteroatoms. The van der Waals surface area contributed by atoms with Crippen molar-refractivity contribution in [2.24, 2.45) is 5.92 Å². The van der Waals surface area contributed by atoms with Crippen molar-refractivity contribution in [3.63, 3.8) is 0 Å². The zero-order valence-corrected chi connectivity index (χ0v) is 16.8. The number of aromatic amines is 1. The Bertz CT molecular complexity index is 1120. The molecule has 7 nitrogen and oxygen atoms in total. The summed E-state index contributed by atoms with van der Waals surface area (Å²) in [7, 11) is 0. The fraction of sp³-hybridized carbons (Fsp3) is 0.381. The normalized spacial score (nSPS) is 15.4. The highest BCUT2D eigenvalue weighted by molar-refractivity contribution is 5.87. The summed E-state index contributed by atoms with van der Waals surface area (Å²) in [6, 6.07) is 4.67. The number of carboxylic acids is 1. The Labute approximate surface area is 180 Å². The Hall–Kier alpha value is -3.21. The van der Waals surface area contributed by atoms with Crippen molar-refractivity contribution in [1.29, 1.82) is 0 Å². The third-order valence-electron chi connectivity index (χ3n) is 5.46. The van der Waals surface area contributed by atoms with Gasteiger partial charge in [0, 0.05) is 48.4 Å². The van der Waals surface area contributed by atoms with Gasteiger partial charge in [-0.1, -0.05) is 0 Å². The fourth-order valence-corrected chi connectivity index (χ4v) is 3.83. The number of H-pyrrole nitrogens is 1. The van der Waals surface area contributed by atoms with E-state index in [1.54, 1.807) is 18.3 Å². The van der Waals surface area contributed by atoms with E-state index >= 15 is 0 Å². The van der Waals surface area contributed by atoms with Crippen LogP contribution < -0.4 is 4.90 Å². The highest BCUT2D eigenvalue weighted by Crippen LogP contribution is 2.33. The van der Waals surface area contributed by atoms with Gasteiger partial charge in [-0.2, -0.15) is 0 Å². The number of hydrogen-bond acceptors (Lipinski definition) is 5. The minimum atomic E-state index is -4.74. The number of anilines is 1. The number of aromatic nitrogens is 3. The molecule has 32 heavy (non-hydrogen) atoms. The second-order valence-electron chi connectivity index (χ2n) is 7.57. The van der Waals surface area contributed by atoms with Gasteiger partial charge >= 0.3 is 12.3 Å². The molecule has 0 spiro atoms. The van der Waals surface area contributed by atoms with Crippen LogP contribution >= 0.6 is 0 Å². The molecule has 1 aromatic carbocycles. The quantitative estimate of drug-likeness (QED) is 0.547. The zero-order chi connectivity index (χ0) is 22.9. The fourth-order valence-electron chi connectivity index (χ4n) is 3.83. The molecular weight excluding hydrogens is 432 g/mol. The third-order valence-corrected chi connectivity index (χ3v) is 5.46. The van der Waals surface area contributed by atoms with Crippen molar-refractivity contribution < 1.29 is 32.2 Å². The molecule has 0 saturated carbocycles. The molecule has 1 aliphatic rings. The standard InChI is InChI=1S/C21H20F4N4O3/c22-16-9-13(10-17-15(16)1-5-26-17)18-19(29-6-2-12(3-7-29)20(30)31)28-14(11-27-18)4-8-32-21(23,24)25/h1,5,9-12,26H,2-4,6-8H2,(H,30,31). The molecule has 170 valence electrons. The van der Waals surface area contributed by atoms with E-state index in [9.17, 15) is 27.5 Å². The van der Waals surface area contributed by atoms with Gasteiger partial charge in [-0.05, 0) is 31.0 Å². The van der Waals surface area contributed by atoms with E-state index < -0.39 is 30.7 Å². The summed E-state index contributed by atoms with van der Waals surface area (Å²) in [5.41, 5.74) is 1.68. The predicted molar refractivity (Wildman–Crippen MR) is 108 cm³/mol. The van der Waals surface area contributed by atoms with Gasteiger partial charge in [-0.15, -0.1) is 13.2 Å². The molecule has 0 aliphatic carbocycles. The number of halogens is 4. The van der Waals surface area contributed by atoms with Gasteiger partial charge < -0.3 is 15.0 Å². The van der Waals surface area contributed by atoms with Crippen LogP contribution in [0.5, 0.6) is 0 Å². The second-order valence-corrected chi connectivity index (χ2v) is 7.57. The van der Waals surface area contributed by atoms with Gasteiger partial charge in [0.2, 0.25) is 0 Å². The van der Waals surface area contributed by atoms with E-state index in [4.69, 9.17) is 0 Å². The lowest BCUT2D eigenvalue weighted by Gasteiger charge is -2.32. The number of ether oxygens (including phenoxy) is 1. The molecule has 1 aliphatic heterocycles. The number of aliphatic carboxylic acids is 1. The lowest BCUT2D eigenvalue weighted by molar-refractivity contribution is -0.324. The zero-order valence-electron chi connectivity index (χ0n) is 16.8. The van der Waals surface area contributed by atoms with Crippen molar-refractivity contribution in [2.75, 3.05) is 24.6 Å². The van der Waals surface area contributed by atoms with Gasteiger partial charge in [-0.3, -0.25) is 14.5 Å². The van der Waals surface area contributed by atoms with E-state index in [1.165, 1.54) is 12.3 Å². The summed E-state index contributed by atoms with van der Waals surface area (Å²) in [5.74, 6) is -1.41. The first kappa shape index (κ1) is 22.0. The number of rotatable bonds is 6. The van der Waals surface area contributed by atoms with Gasteiger partial charge in [-0.25, -0.2) is 9.37 Å². The van der Waals surface area contributed by atoms with Crippen LogP contribution in [0.15, 0.2) is 30.6 Å². The molecule has 0 bridgehead atoms. The SMILES string of the molecule is O=C(O)C1CCN(c2nc(CCOC(F)(F)F)cnc2-c2cc(F)c3cc[nH]c3c2)CC1. The summed E-state index contributed by atoms with van der Waals surface area (Å²) >= 11 is 0. The second kappa shape index (κ2) is 8.73. The molecule has 0 amide bonds. The molecule has 1 saturated heterocycles. The first-order chi connectivity index (χ1) is 15.2. The summed E-state index contributed by atoms with van der Waals surface area (Å²) < 4.78 is 55.3. The number of fused-ring (bicyclic) bond motifs is 1. The highest BCUT2D eigenvalue weighted by Gasteiger charge is 2.30. The maximum Gasteiger partial charge on any atom is 0.522 e. The van der Waals surface area contributed by atoms with Crippen molar-refractivity contribution in [3.05, 3.63) is 42.1 Å². The molecular formula is C21H20F4N4O3. The van der Waals surface area contributed by atoms with Crippen LogP contribution in [0.1, 0.15) is 18.5 Å². The molecule has 1 fully saturated rings. The summed E-state index contributed by atoms with van der Waals surface area (Å²) in [6.07, 6.45) is -1.11. The molecule has 4 rings (SSSR count). The lowest BCUT2D eigenvalue weighted by Crippen LogP contribution is -2.37. The first-order valence-corrected chi connectivity index (χ1v) is 10.0. The molecule has 3 aromatic rings. The predicted octanol–water partition coefficient (Wildman–Crippen LogP) is 4.14. The van der Waals surface area contributed by atoms with Gasteiger partial charge in [0.1, 0.15) is 11.5 Å². The number of alkyl halides is 3. The number of piperidine rings is 1. The number of nitrogens with zero attached hydrogens (tertiary/aromatic N) is 3. The summed E-state index contributed by atoms with van der Waals surface area (Å²) in [6.45, 7) is 0.157. The minimum absolute atomic E-state index is 0.116. The topological polar surface area (TPSA) is 91.3 Å². The molecule has 0 atom stereocenters. The van der Waals surface area contributed by atoms with E-state index in [0.717, 1.165) is 0 Å². The lowest BCUT2D eigenvalue weighted by atomic mass is 9.96. The van der Waals surface area contributed by atoms with Crippen LogP contribution in [0, 0.1) is 11.7 Å². The van der Waals surface area contributed by atoms with Crippen LogP contribution in [-0.4, -0.2) is 52.1 Å². The summed E-state index contributed by atoms with van der Waals surface area (Å²) in [5, 5.41) is 9.67. The number of hydrogen-bond donors (Lipinski definition) is 2. The first-order valence-electron chi connectivity index (χ1n) is 10.0. The largest absolute Gasteiger partial charge is 0.522 e. The minimum Gasteiger partial charge on any atom is -0.481 e. The highest BCUT2D eigenvalue weighted by atomic mass is 19.4. The van der Waals surface area contributed by atoms with Crippen LogP contribution in [0.3, 0.4) is 0 Å². The van der Waals surface area contributed by atoms with Gasteiger partial charge in [0.15, 0.2) is 5.82 Å². The molecule has 2 N–H and O–H groups in total. The Morgan fingerprint density at radius 1 is 1.28 bits per heavy atom. The smallest absolute Gasteiger partial charge is 0.481 e. The third kappa shape index (κ3) is 4.82. The Kier molecular flexibility index (Phi) is 6.00. The Balaban J connectivity index is 1.67. The molecule has 0 unspecified atom stereocenters. The van der Waals surface area contributed by atoms with E-state index in [2.05, 4.69) is 19.7 Å². The maximum atomic E-state index is 14.6. The summed E-state index contributed by atoms with van der Waals surface area (Å²) in [4.78, 5) is 25.0. The van der Waals surface area contributed by atoms with Crippen molar-refractivity contribution >= 4 is 22.7 Å². The van der Waals surface area contributed by atoms with Crippen molar-refractivity contribution in [2.45, 2.75) is 25.6 Å². The van der Waals surface area contributed by atoms with Gasteiger partial charge in [0.05, 0.1) is 18.2 Å². The van der Waals surface area contributed by atoms with Crippen LogP contribution in [-0.2, 0) is 16.0 Å².